The average Bonchev–Trinajstić information content (AvgIpc) is 2.31. The molecule has 0 atom stereocenters. The average molecular weight is 363 g/mol. The fourth-order valence-corrected chi connectivity index (χ4v) is 1.72. The van der Waals surface area contributed by atoms with Crippen LogP contribution in [0.5, 0.6) is 0 Å². The lowest BCUT2D eigenvalue weighted by molar-refractivity contribution is -0.138. The summed E-state index contributed by atoms with van der Waals surface area (Å²) in [6.07, 6.45) is -3.38. The molecule has 0 radical (unpaired) electrons. The molecule has 18 heavy (non-hydrogen) atoms. The molecule has 0 aromatic heterocycles. The van der Waals surface area contributed by atoms with Crippen LogP contribution < -0.4 is 5.32 Å². The highest BCUT2D eigenvalue weighted by molar-refractivity contribution is 14.1. The van der Waals surface area contributed by atoms with Gasteiger partial charge in [-0.2, -0.15) is 23.7 Å². The Balaban J connectivity index is 3.05. The summed E-state index contributed by atoms with van der Waals surface area (Å²) < 4.78 is 37.9. The molecule has 1 aromatic rings. The molecule has 92 valence electrons. The van der Waals surface area contributed by atoms with E-state index in [9.17, 15) is 13.2 Å². The molecule has 1 rings (SSSR count). The third-order valence-corrected chi connectivity index (χ3v) is 2.84. The van der Waals surface area contributed by atoms with Gasteiger partial charge in [0.15, 0.2) is 0 Å². The van der Waals surface area contributed by atoms with E-state index in [0.29, 0.717) is 0 Å². The van der Waals surface area contributed by atoms with E-state index in [-0.39, 0.29) is 14.8 Å². The van der Waals surface area contributed by atoms with Gasteiger partial charge >= 0.3 is 6.18 Å². The predicted molar refractivity (Wildman–Crippen MR) is 67.1 cm³/mol. The van der Waals surface area contributed by atoms with Crippen molar-refractivity contribution in [2.75, 3.05) is 5.32 Å². The number of halogens is 4. The largest absolute Gasteiger partial charge is 0.417 e. The third-order valence-electron chi connectivity index (χ3n) is 1.90. The Morgan fingerprint density at radius 3 is 2.39 bits per heavy atom. The van der Waals surface area contributed by atoms with E-state index in [1.165, 1.54) is 12.1 Å². The monoisotopic (exact) mass is 363 g/mol. The van der Waals surface area contributed by atoms with E-state index in [1.54, 1.807) is 34.7 Å². The summed E-state index contributed by atoms with van der Waals surface area (Å²) in [6, 6.07) is 6.84. The summed E-state index contributed by atoms with van der Waals surface area (Å²) in [6.45, 7) is 0. The molecular formula is C11H5F3IN3. The van der Waals surface area contributed by atoms with E-state index in [4.69, 9.17) is 10.5 Å². The van der Waals surface area contributed by atoms with Crippen LogP contribution in [-0.4, -0.2) is 0 Å². The van der Waals surface area contributed by atoms with Gasteiger partial charge in [-0.3, -0.25) is 0 Å². The number of hydrogen-bond donors (Lipinski definition) is 1. The van der Waals surface area contributed by atoms with E-state index < -0.39 is 11.7 Å². The fraction of sp³-hybridized carbons (Fsp3) is 0.0909. The summed E-state index contributed by atoms with van der Waals surface area (Å²) in [7, 11) is 0. The number of nitrogens with one attached hydrogen (secondary N) is 1. The number of allylic oxidation sites excluding steroid dienone is 1. The molecule has 3 nitrogen and oxygen atoms in total. The van der Waals surface area contributed by atoms with Crippen molar-refractivity contribution in [3.05, 3.63) is 39.1 Å². The van der Waals surface area contributed by atoms with Crippen LogP contribution in [0.1, 0.15) is 5.56 Å². The molecule has 1 aromatic carbocycles. The molecule has 0 unspecified atom stereocenters. The zero-order valence-corrected chi connectivity index (χ0v) is 10.9. The highest BCUT2D eigenvalue weighted by Gasteiger charge is 2.33. The number of nitrogens with zero attached hydrogens (tertiary/aromatic N) is 2. The van der Waals surface area contributed by atoms with Crippen LogP contribution in [-0.2, 0) is 6.18 Å². The van der Waals surface area contributed by atoms with Gasteiger partial charge in [0.1, 0.15) is 17.7 Å². The minimum atomic E-state index is -4.44. The van der Waals surface area contributed by atoms with Gasteiger partial charge in [-0.1, -0.05) is 0 Å². The van der Waals surface area contributed by atoms with Gasteiger partial charge in [0.25, 0.3) is 0 Å². The maximum Gasteiger partial charge on any atom is 0.417 e. The van der Waals surface area contributed by atoms with Crippen molar-refractivity contribution in [2.24, 2.45) is 0 Å². The molecule has 0 aliphatic heterocycles. The molecule has 0 saturated heterocycles. The van der Waals surface area contributed by atoms with Crippen LogP contribution in [0.2, 0.25) is 0 Å². The molecule has 0 saturated carbocycles. The quantitative estimate of drug-likeness (QED) is 0.645. The minimum Gasteiger partial charge on any atom is -0.360 e. The number of nitriles is 2. The Bertz CT molecular complexity index is 548. The van der Waals surface area contributed by atoms with E-state index in [2.05, 4.69) is 5.32 Å². The Morgan fingerprint density at radius 1 is 1.28 bits per heavy atom. The molecule has 0 aliphatic rings. The molecule has 7 heteroatoms. The SMILES string of the molecule is N#CC(C#N)=CNc1ccc(I)c(C(F)(F)F)c1. The topological polar surface area (TPSA) is 59.6 Å². The zero-order valence-electron chi connectivity index (χ0n) is 8.72. The molecular weight excluding hydrogens is 358 g/mol. The van der Waals surface area contributed by atoms with Crippen molar-refractivity contribution in [3.8, 4) is 12.1 Å². The van der Waals surface area contributed by atoms with Crippen LogP contribution in [0.3, 0.4) is 0 Å². The Hall–Kier alpha value is -1.74. The molecule has 1 N–H and O–H groups in total. The van der Waals surface area contributed by atoms with Crippen LogP contribution in [0.25, 0.3) is 0 Å². The first-order valence-corrected chi connectivity index (χ1v) is 5.60. The first-order valence-electron chi connectivity index (χ1n) is 4.52. The van der Waals surface area contributed by atoms with Gasteiger partial charge < -0.3 is 5.32 Å². The smallest absolute Gasteiger partial charge is 0.360 e. The summed E-state index contributed by atoms with van der Waals surface area (Å²) in [5, 5.41) is 19.4. The first-order chi connectivity index (χ1) is 8.38. The molecule has 0 aliphatic carbocycles. The standard InChI is InChI=1S/C11H5F3IN3/c12-11(13,14)9-3-8(1-2-10(9)15)18-6-7(4-16)5-17/h1-3,6,18H. The predicted octanol–water partition coefficient (Wildman–Crippen LogP) is 3.65. The number of benzene rings is 1. The number of rotatable bonds is 2. The van der Waals surface area contributed by atoms with E-state index in [1.807, 2.05) is 0 Å². The molecule has 0 spiro atoms. The van der Waals surface area contributed by atoms with E-state index >= 15 is 0 Å². The van der Waals surface area contributed by atoms with Crippen LogP contribution >= 0.6 is 22.6 Å². The summed E-state index contributed by atoms with van der Waals surface area (Å²) in [5.41, 5.74) is -0.829. The van der Waals surface area contributed by atoms with Crippen LogP contribution in [0.4, 0.5) is 18.9 Å². The van der Waals surface area contributed by atoms with Crippen molar-refractivity contribution in [3.63, 3.8) is 0 Å². The van der Waals surface area contributed by atoms with Gasteiger partial charge in [-0.25, -0.2) is 0 Å². The van der Waals surface area contributed by atoms with Crippen LogP contribution in [0, 0.1) is 26.2 Å². The second kappa shape index (κ2) is 5.74. The number of anilines is 1. The maximum absolute atomic E-state index is 12.6. The maximum atomic E-state index is 12.6. The summed E-state index contributed by atoms with van der Waals surface area (Å²) >= 11 is 1.59. The fourth-order valence-electron chi connectivity index (χ4n) is 1.08. The Labute approximate surface area is 115 Å². The molecule has 0 amide bonds. The van der Waals surface area contributed by atoms with Crippen molar-refractivity contribution in [1.29, 1.82) is 10.5 Å². The summed E-state index contributed by atoms with van der Waals surface area (Å²) in [5.74, 6) is 0. The normalized spacial score (nSPS) is 10.1. The highest BCUT2D eigenvalue weighted by atomic mass is 127. The second-order valence-corrected chi connectivity index (χ2v) is 4.28. The lowest BCUT2D eigenvalue weighted by Gasteiger charge is -2.10. The van der Waals surface area contributed by atoms with Crippen molar-refractivity contribution in [2.45, 2.75) is 6.18 Å². The van der Waals surface area contributed by atoms with Gasteiger partial charge in [-0.15, -0.1) is 0 Å². The zero-order chi connectivity index (χ0) is 13.8. The van der Waals surface area contributed by atoms with Gasteiger partial charge in [-0.05, 0) is 40.8 Å². The van der Waals surface area contributed by atoms with Crippen molar-refractivity contribution < 1.29 is 13.2 Å². The molecule has 0 bridgehead atoms. The van der Waals surface area contributed by atoms with E-state index in [0.717, 1.165) is 12.3 Å². The van der Waals surface area contributed by atoms with Crippen molar-refractivity contribution in [1.82, 2.24) is 0 Å². The third kappa shape index (κ3) is 3.64. The first kappa shape index (κ1) is 14.3. The number of hydrogen-bond acceptors (Lipinski definition) is 3. The molecule has 0 heterocycles. The second-order valence-electron chi connectivity index (χ2n) is 3.12. The van der Waals surface area contributed by atoms with Crippen molar-refractivity contribution >= 4 is 28.3 Å². The Morgan fingerprint density at radius 2 is 1.89 bits per heavy atom. The lowest BCUT2D eigenvalue weighted by atomic mass is 10.2. The minimum absolute atomic E-state index is 0.0791. The highest BCUT2D eigenvalue weighted by Crippen LogP contribution is 2.34. The summed E-state index contributed by atoms with van der Waals surface area (Å²) in [4.78, 5) is 0. The number of alkyl halides is 3. The van der Waals surface area contributed by atoms with Crippen LogP contribution in [0.15, 0.2) is 30.0 Å². The van der Waals surface area contributed by atoms with Gasteiger partial charge in [0.2, 0.25) is 0 Å². The molecule has 0 fully saturated rings. The Kier molecular flexibility index (Phi) is 4.56. The lowest BCUT2D eigenvalue weighted by Crippen LogP contribution is -2.08. The van der Waals surface area contributed by atoms with Gasteiger partial charge in [0.05, 0.1) is 5.56 Å². The van der Waals surface area contributed by atoms with Gasteiger partial charge in [0, 0.05) is 15.5 Å².